The Labute approximate surface area is 60.5 Å². The van der Waals surface area contributed by atoms with Crippen LogP contribution >= 0.6 is 8.58 Å². The Morgan fingerprint density at radius 1 is 1.30 bits per heavy atom. The summed E-state index contributed by atoms with van der Waals surface area (Å²) in [5, 5.41) is 14.5. The van der Waals surface area contributed by atoms with Gasteiger partial charge in [-0.3, -0.25) is 10.8 Å². The van der Waals surface area contributed by atoms with Crippen molar-refractivity contribution in [2.24, 2.45) is 11.5 Å². The summed E-state index contributed by atoms with van der Waals surface area (Å²) >= 11 is 0. The Morgan fingerprint density at radius 3 is 2.40 bits per heavy atom. The van der Waals surface area contributed by atoms with Crippen LogP contribution in [-0.2, 0) is 0 Å². The molecule has 0 fully saturated rings. The van der Waals surface area contributed by atoms with Gasteiger partial charge in [0, 0.05) is 11.9 Å². The SMILES string of the molecule is N=C1PCC(N)=C(N)C1=N. The van der Waals surface area contributed by atoms with Crippen LogP contribution in [0.3, 0.4) is 0 Å². The van der Waals surface area contributed by atoms with Crippen molar-refractivity contribution in [1.29, 1.82) is 10.8 Å². The van der Waals surface area contributed by atoms with E-state index < -0.39 is 0 Å². The number of nitrogens with two attached hydrogens (primary N) is 2. The average Bonchev–Trinajstić information content (AvgIpc) is 1.93. The summed E-state index contributed by atoms with van der Waals surface area (Å²) < 4.78 is 0. The monoisotopic (exact) mass is 156 g/mol. The molecule has 0 spiro atoms. The molecule has 0 saturated heterocycles. The van der Waals surface area contributed by atoms with E-state index in [1.807, 2.05) is 0 Å². The third kappa shape index (κ3) is 1.02. The van der Waals surface area contributed by atoms with Crippen LogP contribution in [0.4, 0.5) is 0 Å². The molecule has 1 atom stereocenters. The van der Waals surface area contributed by atoms with E-state index in [1.54, 1.807) is 0 Å². The van der Waals surface area contributed by atoms with Gasteiger partial charge >= 0.3 is 0 Å². The molecule has 4 nitrogen and oxygen atoms in total. The molecule has 1 rings (SSSR count). The van der Waals surface area contributed by atoms with Crippen molar-refractivity contribution in [3.05, 3.63) is 11.4 Å². The molecule has 0 aromatic heterocycles. The molecule has 54 valence electrons. The number of hydrogen-bond acceptors (Lipinski definition) is 4. The number of nitrogens with one attached hydrogen (secondary N) is 2. The molecule has 0 amide bonds. The van der Waals surface area contributed by atoms with E-state index in [9.17, 15) is 0 Å². The topological polar surface area (TPSA) is 99.7 Å². The van der Waals surface area contributed by atoms with E-state index in [0.717, 1.165) is 0 Å². The molecule has 0 saturated carbocycles. The van der Waals surface area contributed by atoms with Crippen LogP contribution in [0.5, 0.6) is 0 Å². The van der Waals surface area contributed by atoms with Crippen molar-refractivity contribution in [1.82, 2.24) is 0 Å². The Bertz CT molecular complexity index is 230. The fourth-order valence-corrected chi connectivity index (χ4v) is 1.53. The molecule has 1 heterocycles. The van der Waals surface area contributed by atoms with Gasteiger partial charge in [-0.25, -0.2) is 0 Å². The second kappa shape index (κ2) is 2.39. The fraction of sp³-hybridized carbons (Fsp3) is 0.200. The van der Waals surface area contributed by atoms with Gasteiger partial charge in [-0.2, -0.15) is 0 Å². The summed E-state index contributed by atoms with van der Waals surface area (Å²) in [6.45, 7) is 0. The zero-order valence-corrected chi connectivity index (χ0v) is 6.36. The molecule has 1 unspecified atom stereocenters. The van der Waals surface area contributed by atoms with Crippen LogP contribution in [0.15, 0.2) is 11.4 Å². The summed E-state index contributed by atoms with van der Waals surface area (Å²) in [4.78, 5) is 0. The summed E-state index contributed by atoms with van der Waals surface area (Å²) in [6, 6.07) is 0. The second-order valence-corrected chi connectivity index (χ2v) is 3.25. The van der Waals surface area contributed by atoms with Crippen LogP contribution < -0.4 is 11.5 Å². The minimum Gasteiger partial charge on any atom is -0.400 e. The van der Waals surface area contributed by atoms with Crippen LogP contribution in [-0.4, -0.2) is 17.3 Å². The molecule has 1 aliphatic rings. The summed E-state index contributed by atoms with van der Waals surface area (Å²) in [5.74, 6) is 0. The van der Waals surface area contributed by atoms with Gasteiger partial charge in [-0.05, 0) is 0 Å². The fourth-order valence-electron chi connectivity index (χ4n) is 0.662. The normalized spacial score (nSPS) is 22.4. The highest BCUT2D eigenvalue weighted by molar-refractivity contribution is 7.62. The first-order valence-corrected chi connectivity index (χ1v) is 3.99. The predicted octanol–water partition coefficient (Wildman–Crippen LogP) is -0.195. The highest BCUT2D eigenvalue weighted by Gasteiger charge is 2.16. The van der Waals surface area contributed by atoms with Crippen LogP contribution in [0.2, 0.25) is 0 Å². The Hall–Kier alpha value is -0.890. The van der Waals surface area contributed by atoms with Crippen LogP contribution in [0.25, 0.3) is 0 Å². The van der Waals surface area contributed by atoms with Crippen molar-refractivity contribution in [2.45, 2.75) is 0 Å². The summed E-state index contributed by atoms with van der Waals surface area (Å²) in [7, 11) is 0.318. The third-order valence-corrected chi connectivity index (χ3v) is 2.48. The molecule has 0 aromatic carbocycles. The highest BCUT2D eigenvalue weighted by Crippen LogP contribution is 2.22. The van der Waals surface area contributed by atoms with Crippen LogP contribution in [0, 0.1) is 10.8 Å². The number of allylic oxidation sites excluding steroid dienone is 2. The lowest BCUT2D eigenvalue weighted by Gasteiger charge is -2.15. The minimum atomic E-state index is 0.0992. The number of hydrogen-bond donors (Lipinski definition) is 4. The molecule has 10 heavy (non-hydrogen) atoms. The minimum absolute atomic E-state index is 0.0992. The van der Waals surface area contributed by atoms with Gasteiger partial charge in [0.05, 0.1) is 11.1 Å². The lowest BCUT2D eigenvalue weighted by molar-refractivity contribution is 1.23. The van der Waals surface area contributed by atoms with Crippen LogP contribution in [0.1, 0.15) is 0 Å². The smallest absolute Gasteiger partial charge is 0.104 e. The van der Waals surface area contributed by atoms with E-state index in [4.69, 9.17) is 22.3 Å². The molecule has 6 N–H and O–H groups in total. The lowest BCUT2D eigenvalue weighted by atomic mass is 10.2. The molecule has 1 aliphatic heterocycles. The maximum atomic E-state index is 7.25. The Morgan fingerprint density at radius 2 is 1.90 bits per heavy atom. The molecular weight excluding hydrogens is 147 g/mol. The van der Waals surface area contributed by atoms with Crippen molar-refractivity contribution >= 4 is 19.7 Å². The van der Waals surface area contributed by atoms with Crippen molar-refractivity contribution in [3.63, 3.8) is 0 Å². The van der Waals surface area contributed by atoms with Gasteiger partial charge in [0.15, 0.2) is 0 Å². The number of rotatable bonds is 0. The summed E-state index contributed by atoms with van der Waals surface area (Å²) in [6.07, 6.45) is 0.646. The standard InChI is InChI=1S/C5H9N4P/c6-2-1-10-5(9)4(8)3(2)7/h8-10H,1,6-7H2. The highest BCUT2D eigenvalue weighted by atomic mass is 31.1. The first-order valence-electron chi connectivity index (χ1n) is 2.78. The maximum Gasteiger partial charge on any atom is 0.104 e. The molecule has 5 heteroatoms. The largest absolute Gasteiger partial charge is 0.400 e. The van der Waals surface area contributed by atoms with Crippen molar-refractivity contribution in [3.8, 4) is 0 Å². The predicted molar refractivity (Wildman–Crippen MR) is 44.0 cm³/mol. The molecule has 0 bridgehead atoms. The van der Waals surface area contributed by atoms with Gasteiger partial charge in [0.25, 0.3) is 0 Å². The van der Waals surface area contributed by atoms with E-state index in [-0.39, 0.29) is 11.4 Å². The van der Waals surface area contributed by atoms with Gasteiger partial charge in [0.2, 0.25) is 0 Å². The zero-order valence-electron chi connectivity index (χ0n) is 5.36. The molecular formula is C5H9N4P. The molecule has 0 aliphatic carbocycles. The van der Waals surface area contributed by atoms with Gasteiger partial charge in [0.1, 0.15) is 5.71 Å². The van der Waals surface area contributed by atoms with E-state index in [2.05, 4.69) is 0 Å². The summed E-state index contributed by atoms with van der Waals surface area (Å²) in [5.41, 5.74) is 12.1. The Balaban J connectivity index is 2.99. The Kier molecular flexibility index (Phi) is 1.72. The zero-order chi connectivity index (χ0) is 7.72. The van der Waals surface area contributed by atoms with E-state index >= 15 is 0 Å². The average molecular weight is 156 g/mol. The van der Waals surface area contributed by atoms with Crippen molar-refractivity contribution in [2.75, 3.05) is 6.16 Å². The quantitative estimate of drug-likeness (QED) is 0.365. The van der Waals surface area contributed by atoms with Crippen molar-refractivity contribution < 1.29 is 0 Å². The first kappa shape index (κ1) is 7.22. The van der Waals surface area contributed by atoms with Gasteiger partial charge < -0.3 is 11.5 Å². The van der Waals surface area contributed by atoms with Gasteiger partial charge in [-0.15, -0.1) is 0 Å². The maximum absolute atomic E-state index is 7.25. The second-order valence-electron chi connectivity index (χ2n) is 2.04. The van der Waals surface area contributed by atoms with E-state index in [0.29, 0.717) is 25.9 Å². The molecule has 0 aromatic rings. The first-order chi connectivity index (χ1) is 4.63. The van der Waals surface area contributed by atoms with Gasteiger partial charge in [-0.1, -0.05) is 8.58 Å². The third-order valence-electron chi connectivity index (χ3n) is 1.32. The molecule has 0 radical (unpaired) electrons. The van der Waals surface area contributed by atoms with E-state index in [1.165, 1.54) is 0 Å². The lowest BCUT2D eigenvalue weighted by Crippen LogP contribution is -2.27.